The molecule has 4 nitrogen and oxygen atoms in total. The minimum Gasteiger partial charge on any atom is -0.241 e. The van der Waals surface area contributed by atoms with Crippen molar-refractivity contribution in [3.63, 3.8) is 0 Å². The van der Waals surface area contributed by atoms with Crippen molar-refractivity contribution in [2.75, 3.05) is 11.5 Å². The van der Waals surface area contributed by atoms with E-state index in [1.54, 1.807) is 6.20 Å². The summed E-state index contributed by atoms with van der Waals surface area (Å²) in [6, 6.07) is 0. The van der Waals surface area contributed by atoms with Gasteiger partial charge in [0.15, 0.2) is 9.84 Å². The fourth-order valence-electron chi connectivity index (χ4n) is 2.08. The van der Waals surface area contributed by atoms with Gasteiger partial charge in [0.1, 0.15) is 5.82 Å². The molecule has 2 unspecified atom stereocenters. The largest absolute Gasteiger partial charge is 0.241 e. The number of halogens is 1. The molecule has 6 heteroatoms. The summed E-state index contributed by atoms with van der Waals surface area (Å²) in [7, 11) is -2.89. The van der Waals surface area contributed by atoms with Gasteiger partial charge >= 0.3 is 0 Å². The molecule has 0 aromatic carbocycles. The van der Waals surface area contributed by atoms with Crippen molar-refractivity contribution in [3.05, 3.63) is 23.3 Å². The lowest BCUT2D eigenvalue weighted by Gasteiger charge is -2.11. The van der Waals surface area contributed by atoms with Crippen LogP contribution in [0, 0.1) is 6.92 Å². The van der Waals surface area contributed by atoms with E-state index >= 15 is 0 Å². The monoisotopic (exact) mass is 274 g/mol. The van der Waals surface area contributed by atoms with Crippen LogP contribution in [0.15, 0.2) is 6.20 Å². The number of alkyl halides is 1. The van der Waals surface area contributed by atoms with Crippen LogP contribution >= 0.6 is 11.6 Å². The molecule has 2 rings (SSSR count). The number of hydrogen-bond acceptors (Lipinski definition) is 4. The second-order valence-corrected chi connectivity index (χ2v) is 7.37. The first kappa shape index (κ1) is 12.8. The molecule has 2 atom stereocenters. The quantitative estimate of drug-likeness (QED) is 0.774. The van der Waals surface area contributed by atoms with Crippen molar-refractivity contribution in [2.24, 2.45) is 0 Å². The van der Waals surface area contributed by atoms with E-state index in [4.69, 9.17) is 11.6 Å². The molecule has 2 heterocycles. The Morgan fingerprint density at radius 1 is 1.53 bits per heavy atom. The summed E-state index contributed by atoms with van der Waals surface area (Å²) in [5.74, 6) is 0.985. The molecule has 0 amide bonds. The lowest BCUT2D eigenvalue weighted by atomic mass is 10.1. The number of sulfone groups is 1. The van der Waals surface area contributed by atoms with Crippen LogP contribution in [0.1, 0.15) is 41.7 Å². The SMILES string of the molecule is Cc1nc(C2CCS(=O)(=O)C2)ncc1C(C)Cl. The molecule has 1 saturated heterocycles. The first-order valence-electron chi connectivity index (χ1n) is 5.57. The molecule has 0 bridgehead atoms. The summed E-state index contributed by atoms with van der Waals surface area (Å²) >= 11 is 5.99. The fraction of sp³-hybridized carbons (Fsp3) is 0.636. The Morgan fingerprint density at radius 3 is 2.71 bits per heavy atom. The molecule has 1 aliphatic rings. The molecule has 1 fully saturated rings. The molecular weight excluding hydrogens is 260 g/mol. The average Bonchev–Trinajstić information content (AvgIpc) is 2.58. The molecule has 0 aliphatic carbocycles. The molecule has 0 saturated carbocycles. The molecule has 1 aromatic rings. The van der Waals surface area contributed by atoms with E-state index in [2.05, 4.69) is 9.97 Å². The second kappa shape index (κ2) is 4.53. The van der Waals surface area contributed by atoms with Gasteiger partial charge in [-0.25, -0.2) is 18.4 Å². The maximum atomic E-state index is 11.4. The van der Waals surface area contributed by atoms with Gasteiger partial charge in [-0.3, -0.25) is 0 Å². The number of nitrogens with zero attached hydrogens (tertiary/aromatic N) is 2. The van der Waals surface area contributed by atoms with Gasteiger partial charge in [0.2, 0.25) is 0 Å². The molecule has 1 aliphatic heterocycles. The molecular formula is C11H15ClN2O2S. The first-order chi connectivity index (χ1) is 7.89. The summed E-state index contributed by atoms with van der Waals surface area (Å²) < 4.78 is 22.8. The predicted molar refractivity (Wildman–Crippen MR) is 67.0 cm³/mol. The predicted octanol–water partition coefficient (Wildman–Crippen LogP) is 1.99. The Hall–Kier alpha value is -0.680. The van der Waals surface area contributed by atoms with Crippen LogP contribution < -0.4 is 0 Å². The Labute approximate surface area is 106 Å². The van der Waals surface area contributed by atoms with Gasteiger partial charge in [0.25, 0.3) is 0 Å². The zero-order chi connectivity index (χ0) is 12.6. The van der Waals surface area contributed by atoms with Crippen LogP contribution in [-0.2, 0) is 9.84 Å². The van der Waals surface area contributed by atoms with Gasteiger partial charge in [-0.05, 0) is 20.3 Å². The summed E-state index contributed by atoms with van der Waals surface area (Å²) in [5, 5.41) is -0.128. The zero-order valence-corrected chi connectivity index (χ0v) is 11.4. The highest BCUT2D eigenvalue weighted by Crippen LogP contribution is 2.28. The van der Waals surface area contributed by atoms with E-state index in [1.165, 1.54) is 0 Å². The number of aryl methyl sites for hydroxylation is 1. The van der Waals surface area contributed by atoms with E-state index in [0.717, 1.165) is 11.3 Å². The lowest BCUT2D eigenvalue weighted by Crippen LogP contribution is -2.09. The van der Waals surface area contributed by atoms with Crippen LogP contribution in [-0.4, -0.2) is 29.9 Å². The molecule has 94 valence electrons. The normalized spacial score (nSPS) is 24.8. The van der Waals surface area contributed by atoms with Gasteiger partial charge in [-0.2, -0.15) is 0 Å². The number of rotatable bonds is 2. The zero-order valence-electron chi connectivity index (χ0n) is 9.85. The smallest absolute Gasteiger partial charge is 0.151 e. The minimum atomic E-state index is -2.89. The van der Waals surface area contributed by atoms with Gasteiger partial charge < -0.3 is 0 Å². The van der Waals surface area contributed by atoms with E-state index in [1.807, 2.05) is 13.8 Å². The van der Waals surface area contributed by atoms with E-state index < -0.39 is 9.84 Å². The van der Waals surface area contributed by atoms with Crippen LogP contribution in [0.25, 0.3) is 0 Å². The maximum Gasteiger partial charge on any atom is 0.151 e. The molecule has 0 spiro atoms. The summed E-state index contributed by atoms with van der Waals surface area (Å²) in [6.45, 7) is 3.75. The Morgan fingerprint density at radius 2 is 2.24 bits per heavy atom. The average molecular weight is 275 g/mol. The number of aromatic nitrogens is 2. The van der Waals surface area contributed by atoms with Gasteiger partial charge in [-0.1, -0.05) is 0 Å². The third-order valence-electron chi connectivity index (χ3n) is 3.06. The van der Waals surface area contributed by atoms with Crippen molar-refractivity contribution < 1.29 is 8.42 Å². The Bertz CT molecular complexity index is 528. The van der Waals surface area contributed by atoms with Crippen molar-refractivity contribution in [1.82, 2.24) is 9.97 Å². The summed E-state index contributed by atoms with van der Waals surface area (Å²) in [4.78, 5) is 8.63. The van der Waals surface area contributed by atoms with Gasteiger partial charge in [0, 0.05) is 23.4 Å². The van der Waals surface area contributed by atoms with Gasteiger partial charge in [0.05, 0.1) is 16.9 Å². The Kier molecular flexibility index (Phi) is 3.41. The number of hydrogen-bond donors (Lipinski definition) is 0. The highest BCUT2D eigenvalue weighted by atomic mass is 35.5. The van der Waals surface area contributed by atoms with Crippen LogP contribution in [0.4, 0.5) is 0 Å². The van der Waals surface area contributed by atoms with Crippen molar-refractivity contribution >= 4 is 21.4 Å². The van der Waals surface area contributed by atoms with E-state index in [9.17, 15) is 8.42 Å². The molecule has 0 N–H and O–H groups in total. The van der Waals surface area contributed by atoms with Crippen molar-refractivity contribution in [1.29, 1.82) is 0 Å². The van der Waals surface area contributed by atoms with Crippen LogP contribution in [0.2, 0.25) is 0 Å². The highest BCUT2D eigenvalue weighted by Gasteiger charge is 2.31. The first-order valence-corrected chi connectivity index (χ1v) is 7.83. The van der Waals surface area contributed by atoms with Crippen molar-refractivity contribution in [2.45, 2.75) is 31.6 Å². The lowest BCUT2D eigenvalue weighted by molar-refractivity contribution is 0.601. The maximum absolute atomic E-state index is 11.4. The molecule has 17 heavy (non-hydrogen) atoms. The van der Waals surface area contributed by atoms with E-state index in [-0.39, 0.29) is 22.8 Å². The highest BCUT2D eigenvalue weighted by molar-refractivity contribution is 7.91. The van der Waals surface area contributed by atoms with Crippen LogP contribution in [0.5, 0.6) is 0 Å². The second-order valence-electron chi connectivity index (χ2n) is 4.48. The van der Waals surface area contributed by atoms with E-state index in [0.29, 0.717) is 12.2 Å². The standard InChI is InChI=1S/C11H15ClN2O2S/c1-7(12)10-5-13-11(14-8(10)2)9-3-4-17(15,16)6-9/h5,7,9H,3-4,6H2,1-2H3. The molecule has 0 radical (unpaired) electrons. The third kappa shape index (κ3) is 2.77. The fourth-order valence-corrected chi connectivity index (χ4v) is 4.03. The third-order valence-corrected chi connectivity index (χ3v) is 5.07. The topological polar surface area (TPSA) is 59.9 Å². The molecule has 1 aromatic heterocycles. The minimum absolute atomic E-state index is 0.0571. The van der Waals surface area contributed by atoms with Crippen LogP contribution in [0.3, 0.4) is 0 Å². The summed E-state index contributed by atoms with van der Waals surface area (Å²) in [5.41, 5.74) is 1.73. The Balaban J connectivity index is 2.27. The summed E-state index contributed by atoms with van der Waals surface area (Å²) in [6.07, 6.45) is 2.33. The van der Waals surface area contributed by atoms with Gasteiger partial charge in [-0.15, -0.1) is 11.6 Å². The van der Waals surface area contributed by atoms with Crippen molar-refractivity contribution in [3.8, 4) is 0 Å².